The number of hydrogen-bond acceptors (Lipinski definition) is 6. The largest absolute Gasteiger partial charge is 0.492 e. The predicted molar refractivity (Wildman–Crippen MR) is 161 cm³/mol. The predicted octanol–water partition coefficient (Wildman–Crippen LogP) is 5.98. The maximum atomic E-state index is 14.6. The van der Waals surface area contributed by atoms with E-state index in [1.807, 2.05) is 63.7 Å². The molecule has 0 saturated heterocycles. The molecule has 6 rings (SSSR count). The molecule has 0 aliphatic carbocycles. The summed E-state index contributed by atoms with van der Waals surface area (Å²) in [4.78, 5) is 16.5. The lowest BCUT2D eigenvalue weighted by Gasteiger charge is -2.12. The zero-order valence-electron chi connectivity index (χ0n) is 23.6. The van der Waals surface area contributed by atoms with Crippen LogP contribution in [-0.2, 0) is 6.54 Å². The van der Waals surface area contributed by atoms with Crippen molar-refractivity contribution < 1.29 is 9.13 Å². The molecule has 0 saturated carbocycles. The van der Waals surface area contributed by atoms with Crippen molar-refractivity contribution in [2.75, 3.05) is 41.3 Å². The summed E-state index contributed by atoms with van der Waals surface area (Å²) in [6, 6.07) is 15.3. The van der Waals surface area contributed by atoms with Crippen LogP contribution in [0, 0.1) is 5.82 Å². The second kappa shape index (κ2) is 11.1. The van der Waals surface area contributed by atoms with Gasteiger partial charge in [0.2, 0.25) is 0 Å². The summed E-state index contributed by atoms with van der Waals surface area (Å²) in [6.45, 7) is 2.03. The third kappa shape index (κ3) is 5.68. The average molecular weight is 550 g/mol. The summed E-state index contributed by atoms with van der Waals surface area (Å²) in [5, 5.41) is 9.72. The van der Waals surface area contributed by atoms with Crippen LogP contribution >= 0.6 is 0 Å². The summed E-state index contributed by atoms with van der Waals surface area (Å²) in [5.74, 6) is 0.134. The Bertz CT molecular complexity index is 1840. The molecule has 0 bridgehead atoms. The molecule has 9 heteroatoms. The fourth-order valence-electron chi connectivity index (χ4n) is 5.05. The Balaban J connectivity index is 1.37. The quantitative estimate of drug-likeness (QED) is 0.231. The number of ether oxygens (including phenoxy) is 1. The van der Waals surface area contributed by atoms with E-state index < -0.39 is 0 Å². The van der Waals surface area contributed by atoms with Gasteiger partial charge in [0.05, 0.1) is 22.9 Å². The highest BCUT2D eigenvalue weighted by Gasteiger charge is 2.16. The van der Waals surface area contributed by atoms with E-state index >= 15 is 0 Å². The maximum Gasteiger partial charge on any atom is 0.127 e. The van der Waals surface area contributed by atoms with E-state index in [9.17, 15) is 4.39 Å². The van der Waals surface area contributed by atoms with Gasteiger partial charge in [-0.25, -0.2) is 4.39 Å². The Morgan fingerprint density at radius 1 is 0.780 bits per heavy atom. The van der Waals surface area contributed by atoms with Crippen molar-refractivity contribution in [3.05, 3.63) is 84.7 Å². The first-order valence-electron chi connectivity index (χ1n) is 13.5. The molecule has 0 radical (unpaired) electrons. The first-order chi connectivity index (χ1) is 19.8. The van der Waals surface area contributed by atoms with Gasteiger partial charge < -0.3 is 19.5 Å². The van der Waals surface area contributed by atoms with Crippen LogP contribution in [0.15, 0.2) is 73.3 Å². The number of rotatable bonds is 9. The smallest absolute Gasteiger partial charge is 0.127 e. The van der Waals surface area contributed by atoms with E-state index in [2.05, 4.69) is 48.2 Å². The van der Waals surface area contributed by atoms with Gasteiger partial charge in [0, 0.05) is 59.6 Å². The molecule has 0 atom stereocenters. The van der Waals surface area contributed by atoms with E-state index in [0.29, 0.717) is 17.9 Å². The van der Waals surface area contributed by atoms with Crippen molar-refractivity contribution in [1.82, 2.24) is 34.9 Å². The molecule has 208 valence electrons. The molecule has 0 unspecified atom stereocenters. The van der Waals surface area contributed by atoms with E-state index in [1.54, 1.807) is 12.4 Å². The normalized spacial score (nSPS) is 11.8. The number of H-pyrrole nitrogens is 2. The Morgan fingerprint density at radius 3 is 2.46 bits per heavy atom. The average Bonchev–Trinajstić information content (AvgIpc) is 3.56. The fourth-order valence-corrected chi connectivity index (χ4v) is 5.05. The van der Waals surface area contributed by atoms with Gasteiger partial charge in [-0.3, -0.25) is 15.1 Å². The number of hydrogen-bond donors (Lipinski definition) is 2. The Kier molecular flexibility index (Phi) is 7.21. The third-order valence-corrected chi connectivity index (χ3v) is 6.98. The van der Waals surface area contributed by atoms with Gasteiger partial charge in [-0.2, -0.15) is 5.10 Å². The summed E-state index contributed by atoms with van der Waals surface area (Å²) >= 11 is 0. The SMILES string of the molecule is CN(C)CCOc1cc(F)cc(-c2cncc3[nH]c(-c4n[nH]c5ccc(-c6cncc(CN(C)C)c6)cc45)cc23)c1. The molecule has 41 heavy (non-hydrogen) atoms. The van der Waals surface area contributed by atoms with E-state index in [1.165, 1.54) is 12.1 Å². The number of halogens is 1. The molecule has 0 amide bonds. The van der Waals surface area contributed by atoms with Crippen molar-refractivity contribution >= 4 is 21.8 Å². The van der Waals surface area contributed by atoms with Crippen molar-refractivity contribution in [1.29, 1.82) is 0 Å². The van der Waals surface area contributed by atoms with Gasteiger partial charge in [0.1, 0.15) is 23.9 Å². The zero-order chi connectivity index (χ0) is 28.5. The van der Waals surface area contributed by atoms with Crippen molar-refractivity contribution in [2.24, 2.45) is 0 Å². The molecular weight excluding hydrogens is 517 g/mol. The summed E-state index contributed by atoms with van der Waals surface area (Å²) in [7, 11) is 8.04. The Morgan fingerprint density at radius 2 is 1.63 bits per heavy atom. The molecule has 2 N–H and O–H groups in total. The zero-order valence-corrected chi connectivity index (χ0v) is 23.6. The van der Waals surface area contributed by atoms with E-state index in [-0.39, 0.29) is 5.82 Å². The summed E-state index contributed by atoms with van der Waals surface area (Å²) < 4.78 is 20.5. The van der Waals surface area contributed by atoms with Crippen LogP contribution in [0.25, 0.3) is 55.4 Å². The van der Waals surface area contributed by atoms with Crippen LogP contribution in [0.2, 0.25) is 0 Å². The van der Waals surface area contributed by atoms with Gasteiger partial charge in [-0.1, -0.05) is 6.07 Å². The second-order valence-electron chi connectivity index (χ2n) is 10.8. The number of nitrogens with zero attached hydrogens (tertiary/aromatic N) is 5. The molecule has 0 aliphatic heterocycles. The van der Waals surface area contributed by atoms with Crippen LogP contribution in [0.1, 0.15) is 5.56 Å². The van der Waals surface area contributed by atoms with E-state index in [4.69, 9.17) is 4.74 Å². The minimum absolute atomic E-state index is 0.356. The topological polar surface area (TPSA) is 86.0 Å². The van der Waals surface area contributed by atoms with Gasteiger partial charge in [-0.15, -0.1) is 0 Å². The maximum absolute atomic E-state index is 14.6. The van der Waals surface area contributed by atoms with E-state index in [0.717, 1.165) is 68.5 Å². The third-order valence-electron chi connectivity index (χ3n) is 6.98. The monoisotopic (exact) mass is 549 g/mol. The number of likely N-dealkylation sites (N-methyl/N-ethyl adjacent to an activating group) is 1. The molecule has 0 fully saturated rings. The first-order valence-corrected chi connectivity index (χ1v) is 13.5. The molecule has 8 nitrogen and oxygen atoms in total. The fraction of sp³-hybridized carbons (Fsp3) is 0.219. The number of nitrogens with one attached hydrogen (secondary N) is 2. The number of pyridine rings is 2. The number of aromatic amines is 2. The highest BCUT2D eigenvalue weighted by atomic mass is 19.1. The standard InChI is InChI=1S/C32H32FN7O/c1-39(2)7-8-41-25-11-22(10-24(33)13-25)28-17-35-18-31-26(28)14-30(36-31)32-27-12-21(5-6-29(27)37-38-32)23-9-20(15-34-16-23)19-40(3)4/h5-6,9-18,36H,7-8,19H2,1-4H3,(H,37,38). The second-order valence-corrected chi connectivity index (χ2v) is 10.8. The summed E-state index contributed by atoms with van der Waals surface area (Å²) in [6.07, 6.45) is 7.32. The van der Waals surface area contributed by atoms with Crippen molar-refractivity contribution in [3.8, 4) is 39.4 Å². The van der Waals surface area contributed by atoms with Gasteiger partial charge in [0.15, 0.2) is 0 Å². The minimum atomic E-state index is -0.356. The molecule has 0 spiro atoms. The van der Waals surface area contributed by atoms with Crippen LogP contribution in [-0.4, -0.2) is 76.3 Å². The van der Waals surface area contributed by atoms with Crippen molar-refractivity contribution in [2.45, 2.75) is 6.54 Å². The van der Waals surface area contributed by atoms with Crippen LogP contribution < -0.4 is 4.74 Å². The molecular formula is C32H32FN7O. The lowest BCUT2D eigenvalue weighted by molar-refractivity contribution is 0.260. The highest BCUT2D eigenvalue weighted by molar-refractivity contribution is 6.01. The summed E-state index contributed by atoms with van der Waals surface area (Å²) in [5.41, 5.74) is 8.19. The van der Waals surface area contributed by atoms with Crippen LogP contribution in [0.5, 0.6) is 5.75 Å². The lowest BCUT2D eigenvalue weighted by atomic mass is 10.0. The Hall–Kier alpha value is -4.60. The molecule has 2 aromatic carbocycles. The Labute approximate surface area is 237 Å². The van der Waals surface area contributed by atoms with Gasteiger partial charge >= 0.3 is 0 Å². The number of benzene rings is 2. The van der Waals surface area contributed by atoms with Crippen LogP contribution in [0.3, 0.4) is 0 Å². The van der Waals surface area contributed by atoms with Gasteiger partial charge in [0.25, 0.3) is 0 Å². The van der Waals surface area contributed by atoms with Crippen LogP contribution in [0.4, 0.5) is 4.39 Å². The number of fused-ring (bicyclic) bond motifs is 2. The van der Waals surface area contributed by atoms with Gasteiger partial charge in [-0.05, 0) is 81.3 Å². The lowest BCUT2D eigenvalue weighted by Crippen LogP contribution is -2.19. The number of aromatic nitrogens is 5. The molecule has 4 heterocycles. The molecule has 0 aliphatic rings. The minimum Gasteiger partial charge on any atom is -0.492 e. The van der Waals surface area contributed by atoms with Crippen molar-refractivity contribution in [3.63, 3.8) is 0 Å². The molecule has 6 aromatic rings. The highest BCUT2D eigenvalue weighted by Crippen LogP contribution is 2.36. The first kappa shape index (κ1) is 26.6. The molecule has 4 aromatic heterocycles.